The average Bonchev–Trinajstić information content (AvgIpc) is 3.43. The van der Waals surface area contributed by atoms with Crippen molar-refractivity contribution in [3.05, 3.63) is 88.3 Å². The van der Waals surface area contributed by atoms with Crippen LogP contribution in [-0.2, 0) is 16.0 Å². The number of rotatable bonds is 8. The van der Waals surface area contributed by atoms with Crippen LogP contribution < -0.4 is 11.1 Å². The van der Waals surface area contributed by atoms with Gasteiger partial charge < -0.3 is 20.5 Å². The number of benzene rings is 2. The molecule has 0 aliphatic carbocycles. The van der Waals surface area contributed by atoms with Gasteiger partial charge >= 0.3 is 0 Å². The summed E-state index contributed by atoms with van der Waals surface area (Å²) < 4.78 is 19.7. The van der Waals surface area contributed by atoms with E-state index in [0.29, 0.717) is 12.2 Å². The second-order valence-corrected chi connectivity index (χ2v) is 9.51. The molecule has 4 atom stereocenters. The average molecular weight is 493 g/mol. The Hall–Kier alpha value is -3.52. The lowest BCUT2D eigenvalue weighted by Gasteiger charge is -2.27. The number of amides is 2. The first kappa shape index (κ1) is 25.6. The van der Waals surface area contributed by atoms with Crippen molar-refractivity contribution in [1.82, 2.24) is 15.4 Å². The monoisotopic (exact) mass is 492 g/mol. The second kappa shape index (κ2) is 11.0. The second-order valence-electron chi connectivity index (χ2n) is 9.51. The van der Waals surface area contributed by atoms with E-state index in [1.807, 2.05) is 68.4 Å². The first-order valence-electron chi connectivity index (χ1n) is 12.3. The van der Waals surface area contributed by atoms with Crippen molar-refractivity contribution in [3.63, 3.8) is 0 Å². The van der Waals surface area contributed by atoms with Gasteiger partial charge in [-0.25, -0.2) is 4.39 Å². The summed E-state index contributed by atoms with van der Waals surface area (Å²) in [5.74, 6) is 0.0407. The van der Waals surface area contributed by atoms with E-state index in [9.17, 15) is 14.0 Å². The molecule has 1 fully saturated rings. The molecule has 190 valence electrons. The molecule has 7 nitrogen and oxygen atoms in total. The van der Waals surface area contributed by atoms with Crippen LogP contribution in [0.3, 0.4) is 0 Å². The molecule has 3 N–H and O–H groups in total. The Bertz CT molecular complexity index is 1170. The van der Waals surface area contributed by atoms with Crippen LogP contribution in [0.4, 0.5) is 4.39 Å². The zero-order chi connectivity index (χ0) is 25.8. The smallest absolute Gasteiger partial charge is 0.243 e. The maximum atomic E-state index is 14.5. The number of likely N-dealkylation sites (tertiary alicyclic amines) is 1. The van der Waals surface area contributed by atoms with Gasteiger partial charge in [0.15, 0.2) is 0 Å². The molecule has 2 heterocycles. The summed E-state index contributed by atoms with van der Waals surface area (Å²) in [4.78, 5) is 27.9. The minimum Gasteiger partial charge on any atom is -0.361 e. The summed E-state index contributed by atoms with van der Waals surface area (Å²) in [7, 11) is 0. The first-order valence-corrected chi connectivity index (χ1v) is 12.3. The molecule has 0 spiro atoms. The summed E-state index contributed by atoms with van der Waals surface area (Å²) in [6.07, 6.45) is -0.682. The minimum absolute atomic E-state index is 0.0198. The van der Waals surface area contributed by atoms with Gasteiger partial charge in [-0.3, -0.25) is 9.59 Å². The van der Waals surface area contributed by atoms with E-state index in [1.54, 1.807) is 6.92 Å². The van der Waals surface area contributed by atoms with E-state index in [1.165, 1.54) is 4.90 Å². The molecule has 2 amide bonds. The zero-order valence-electron chi connectivity index (χ0n) is 20.9. The van der Waals surface area contributed by atoms with Gasteiger partial charge in [-0.15, -0.1) is 0 Å². The van der Waals surface area contributed by atoms with Gasteiger partial charge in [0.1, 0.15) is 18.0 Å². The molecule has 1 aromatic heterocycles. The molecule has 0 radical (unpaired) electrons. The van der Waals surface area contributed by atoms with Crippen molar-refractivity contribution >= 4 is 11.8 Å². The molecule has 0 bridgehead atoms. The fourth-order valence-corrected chi connectivity index (χ4v) is 4.78. The van der Waals surface area contributed by atoms with Crippen molar-refractivity contribution in [2.24, 2.45) is 5.73 Å². The van der Waals surface area contributed by atoms with Crippen LogP contribution in [0.25, 0.3) is 0 Å². The molecule has 1 aliphatic heterocycles. The van der Waals surface area contributed by atoms with Gasteiger partial charge in [0.2, 0.25) is 11.8 Å². The molecule has 3 aromatic rings. The Morgan fingerprint density at radius 2 is 1.75 bits per heavy atom. The van der Waals surface area contributed by atoms with E-state index in [-0.39, 0.29) is 37.2 Å². The third-order valence-electron chi connectivity index (χ3n) is 6.86. The molecular weight excluding hydrogens is 459 g/mol. The highest BCUT2D eigenvalue weighted by Crippen LogP contribution is 2.27. The number of aryl methyl sites for hydroxylation is 2. The molecular formula is C28H33FN4O3. The van der Waals surface area contributed by atoms with Gasteiger partial charge in [-0.1, -0.05) is 59.8 Å². The lowest BCUT2D eigenvalue weighted by atomic mass is 9.96. The normalized spacial score (nSPS) is 19.2. The largest absolute Gasteiger partial charge is 0.361 e. The summed E-state index contributed by atoms with van der Waals surface area (Å²) in [5, 5.41) is 7.00. The van der Waals surface area contributed by atoms with Crippen LogP contribution in [0.2, 0.25) is 0 Å². The molecule has 2 aromatic carbocycles. The van der Waals surface area contributed by atoms with Crippen LogP contribution in [0.1, 0.15) is 65.6 Å². The fourth-order valence-electron chi connectivity index (χ4n) is 4.78. The number of carbonyl (C=O) groups excluding carboxylic acids is 2. The molecule has 8 heteroatoms. The van der Waals surface area contributed by atoms with Gasteiger partial charge in [-0.05, 0) is 43.9 Å². The number of alkyl halides is 1. The fraction of sp³-hybridized carbons (Fsp3) is 0.393. The van der Waals surface area contributed by atoms with E-state index < -0.39 is 18.3 Å². The number of hydrogen-bond donors (Lipinski definition) is 2. The standard InChI is InChI=1S/C28H33FN4O3/c1-17(30)20-9-11-22(12-10-20)27(21-7-5-4-6-8-21)31-28(35)25-15-23(29)16-33(25)26(34)14-13-24-18(2)32-36-19(24)3/h4-12,17,23,25,27H,13-16,30H2,1-3H3,(H,31,35)/t17?,23-,25+,27+/m1/s1. The van der Waals surface area contributed by atoms with E-state index in [0.717, 1.165) is 27.9 Å². The number of hydrogen-bond acceptors (Lipinski definition) is 5. The topological polar surface area (TPSA) is 101 Å². The minimum atomic E-state index is -1.25. The number of carbonyl (C=O) groups is 2. The Balaban J connectivity index is 1.51. The van der Waals surface area contributed by atoms with Crippen molar-refractivity contribution < 1.29 is 18.5 Å². The maximum absolute atomic E-state index is 14.5. The van der Waals surface area contributed by atoms with Crippen LogP contribution in [-0.4, -0.2) is 40.6 Å². The number of nitrogens with one attached hydrogen (secondary N) is 1. The number of halogens is 1. The zero-order valence-corrected chi connectivity index (χ0v) is 20.9. The molecule has 1 saturated heterocycles. The quantitative estimate of drug-likeness (QED) is 0.493. The summed E-state index contributed by atoms with van der Waals surface area (Å²) >= 11 is 0. The lowest BCUT2D eigenvalue weighted by Crippen LogP contribution is -2.47. The van der Waals surface area contributed by atoms with Gasteiger partial charge in [-0.2, -0.15) is 0 Å². The van der Waals surface area contributed by atoms with Crippen molar-refractivity contribution in [1.29, 1.82) is 0 Å². The van der Waals surface area contributed by atoms with Crippen LogP contribution in [0, 0.1) is 13.8 Å². The Morgan fingerprint density at radius 3 is 2.36 bits per heavy atom. The molecule has 4 rings (SSSR count). The number of nitrogens with zero attached hydrogens (tertiary/aromatic N) is 2. The van der Waals surface area contributed by atoms with Gasteiger partial charge in [0.05, 0.1) is 18.3 Å². The molecule has 1 aliphatic rings. The highest BCUT2D eigenvalue weighted by molar-refractivity contribution is 5.89. The van der Waals surface area contributed by atoms with Crippen molar-refractivity contribution in [3.8, 4) is 0 Å². The number of aromatic nitrogens is 1. The van der Waals surface area contributed by atoms with Crippen LogP contribution in [0.15, 0.2) is 59.1 Å². The van der Waals surface area contributed by atoms with E-state index in [2.05, 4.69) is 10.5 Å². The van der Waals surface area contributed by atoms with E-state index >= 15 is 0 Å². The number of nitrogens with two attached hydrogens (primary N) is 1. The van der Waals surface area contributed by atoms with Gasteiger partial charge in [0.25, 0.3) is 0 Å². The van der Waals surface area contributed by atoms with Gasteiger partial charge in [0, 0.05) is 24.4 Å². The Kier molecular flexibility index (Phi) is 7.84. The van der Waals surface area contributed by atoms with Crippen molar-refractivity contribution in [2.75, 3.05) is 6.54 Å². The van der Waals surface area contributed by atoms with E-state index in [4.69, 9.17) is 10.3 Å². The molecule has 36 heavy (non-hydrogen) atoms. The van der Waals surface area contributed by atoms with Crippen LogP contribution in [0.5, 0.6) is 0 Å². The van der Waals surface area contributed by atoms with Crippen LogP contribution >= 0.6 is 0 Å². The Morgan fingerprint density at radius 1 is 1.11 bits per heavy atom. The first-order chi connectivity index (χ1) is 17.2. The third kappa shape index (κ3) is 5.65. The maximum Gasteiger partial charge on any atom is 0.243 e. The predicted octanol–water partition coefficient (Wildman–Crippen LogP) is 4.09. The molecule has 0 saturated carbocycles. The predicted molar refractivity (Wildman–Crippen MR) is 135 cm³/mol. The molecule has 1 unspecified atom stereocenters. The summed E-state index contributed by atoms with van der Waals surface area (Å²) in [5.41, 5.74) is 10.4. The summed E-state index contributed by atoms with van der Waals surface area (Å²) in [6, 6.07) is 15.9. The third-order valence-corrected chi connectivity index (χ3v) is 6.86. The summed E-state index contributed by atoms with van der Waals surface area (Å²) in [6.45, 7) is 5.45. The Labute approximate surface area is 210 Å². The SMILES string of the molecule is Cc1noc(C)c1CCC(=O)N1C[C@H](F)C[C@H]1C(=O)N[C@@H](c1ccccc1)c1ccc(C(C)N)cc1. The highest BCUT2D eigenvalue weighted by Gasteiger charge is 2.40. The lowest BCUT2D eigenvalue weighted by molar-refractivity contribution is -0.138. The highest BCUT2D eigenvalue weighted by atomic mass is 19.1. The van der Waals surface area contributed by atoms with Crippen molar-refractivity contribution in [2.45, 2.75) is 64.3 Å².